The van der Waals surface area contributed by atoms with Gasteiger partial charge in [-0.15, -0.1) is 10.2 Å². The smallest absolute Gasteiger partial charge is 0.325 e. The summed E-state index contributed by atoms with van der Waals surface area (Å²) in [6, 6.07) is 14.3. The molecule has 1 heterocycles. The van der Waals surface area contributed by atoms with Crippen LogP contribution in [0.1, 0.15) is 5.56 Å². The average Bonchev–Trinajstić information content (AvgIpc) is 3.01. The molecule has 0 unspecified atom stereocenters. The van der Waals surface area contributed by atoms with E-state index in [4.69, 9.17) is 0 Å². The van der Waals surface area contributed by atoms with E-state index in [0.717, 1.165) is 23.4 Å². The van der Waals surface area contributed by atoms with Crippen LogP contribution in [0, 0.1) is 0 Å². The molecule has 1 aromatic heterocycles. The molecular formula is C18H15F3N4OS. The number of benzene rings is 2. The first-order valence-electron chi connectivity index (χ1n) is 7.90. The number of anilines is 1. The van der Waals surface area contributed by atoms with Gasteiger partial charge < -0.3 is 9.88 Å². The van der Waals surface area contributed by atoms with Gasteiger partial charge in [0.15, 0.2) is 11.0 Å². The Labute approximate surface area is 157 Å². The number of nitrogens with zero attached hydrogens (tertiary/aromatic N) is 3. The van der Waals surface area contributed by atoms with Crippen molar-refractivity contribution >= 4 is 23.4 Å². The van der Waals surface area contributed by atoms with Gasteiger partial charge in [0, 0.05) is 12.6 Å². The van der Waals surface area contributed by atoms with E-state index in [1.165, 1.54) is 18.2 Å². The van der Waals surface area contributed by atoms with Gasteiger partial charge in [-0.25, -0.2) is 0 Å². The van der Waals surface area contributed by atoms with Gasteiger partial charge in [0.1, 0.15) is 0 Å². The maximum absolute atomic E-state index is 13.0. The van der Waals surface area contributed by atoms with Crippen molar-refractivity contribution in [2.45, 2.75) is 11.3 Å². The van der Waals surface area contributed by atoms with E-state index in [2.05, 4.69) is 15.5 Å². The van der Waals surface area contributed by atoms with Crippen molar-refractivity contribution in [1.82, 2.24) is 14.8 Å². The van der Waals surface area contributed by atoms with Gasteiger partial charge in [-0.3, -0.25) is 4.79 Å². The van der Waals surface area contributed by atoms with Crippen LogP contribution in [-0.2, 0) is 18.0 Å². The Morgan fingerprint density at radius 2 is 1.74 bits per heavy atom. The highest BCUT2D eigenvalue weighted by molar-refractivity contribution is 7.99. The Morgan fingerprint density at radius 1 is 1.07 bits per heavy atom. The Bertz CT molecular complexity index is 941. The Morgan fingerprint density at radius 3 is 2.44 bits per heavy atom. The molecule has 0 saturated carbocycles. The first-order valence-corrected chi connectivity index (χ1v) is 8.88. The van der Waals surface area contributed by atoms with E-state index in [1.54, 1.807) is 11.6 Å². The number of alkyl halides is 3. The second kappa shape index (κ2) is 7.83. The molecular weight excluding hydrogens is 377 g/mol. The van der Waals surface area contributed by atoms with Crippen molar-refractivity contribution in [3.05, 3.63) is 60.2 Å². The van der Waals surface area contributed by atoms with Crippen LogP contribution >= 0.6 is 11.8 Å². The largest absolute Gasteiger partial charge is 0.418 e. The van der Waals surface area contributed by atoms with E-state index in [-0.39, 0.29) is 11.4 Å². The number of aromatic nitrogens is 3. The molecule has 3 aromatic rings. The number of hydrogen-bond acceptors (Lipinski definition) is 4. The molecule has 0 aliphatic carbocycles. The monoisotopic (exact) mass is 392 g/mol. The Balaban J connectivity index is 1.67. The fourth-order valence-corrected chi connectivity index (χ4v) is 3.15. The molecule has 0 saturated heterocycles. The molecule has 27 heavy (non-hydrogen) atoms. The minimum Gasteiger partial charge on any atom is -0.325 e. The highest BCUT2D eigenvalue weighted by atomic mass is 32.2. The standard InChI is InChI=1S/C18H15F3N4OS/c1-25-16(12-7-3-2-4-8-12)23-24-17(25)27-11-15(26)22-14-10-6-5-9-13(14)18(19,20)21/h2-10H,11H2,1H3,(H,22,26). The first kappa shape index (κ1) is 19.0. The molecule has 0 spiro atoms. The lowest BCUT2D eigenvalue weighted by molar-refractivity contribution is -0.137. The van der Waals surface area contributed by atoms with Crippen LogP contribution in [0.3, 0.4) is 0 Å². The molecule has 3 rings (SSSR count). The highest BCUT2D eigenvalue weighted by Gasteiger charge is 2.33. The fraction of sp³-hybridized carbons (Fsp3) is 0.167. The third-order valence-corrected chi connectivity index (χ3v) is 4.73. The normalized spacial score (nSPS) is 11.4. The average molecular weight is 392 g/mol. The quantitative estimate of drug-likeness (QED) is 0.660. The lowest BCUT2D eigenvalue weighted by Gasteiger charge is -2.13. The van der Waals surface area contributed by atoms with Crippen LogP contribution < -0.4 is 5.32 Å². The maximum atomic E-state index is 13.0. The van der Waals surface area contributed by atoms with Gasteiger partial charge in [-0.05, 0) is 12.1 Å². The Hall–Kier alpha value is -2.81. The topological polar surface area (TPSA) is 59.8 Å². The van der Waals surface area contributed by atoms with Gasteiger partial charge in [0.05, 0.1) is 17.0 Å². The van der Waals surface area contributed by atoms with Crippen LogP contribution in [0.5, 0.6) is 0 Å². The van der Waals surface area contributed by atoms with Crippen molar-refractivity contribution in [1.29, 1.82) is 0 Å². The summed E-state index contributed by atoms with van der Waals surface area (Å²) in [6.45, 7) is 0. The predicted octanol–water partition coefficient (Wildman–Crippen LogP) is 4.23. The maximum Gasteiger partial charge on any atom is 0.418 e. The highest BCUT2D eigenvalue weighted by Crippen LogP contribution is 2.34. The van der Waals surface area contributed by atoms with Crippen LogP contribution in [0.25, 0.3) is 11.4 Å². The number of nitrogens with one attached hydrogen (secondary N) is 1. The van der Waals surface area contributed by atoms with Gasteiger partial charge in [0.25, 0.3) is 0 Å². The summed E-state index contributed by atoms with van der Waals surface area (Å²) in [6.07, 6.45) is -4.54. The van der Waals surface area contributed by atoms with Crippen LogP contribution in [0.2, 0.25) is 0 Å². The van der Waals surface area contributed by atoms with E-state index < -0.39 is 17.6 Å². The van der Waals surface area contributed by atoms with E-state index in [9.17, 15) is 18.0 Å². The molecule has 0 aliphatic rings. The van der Waals surface area contributed by atoms with Crippen molar-refractivity contribution < 1.29 is 18.0 Å². The van der Waals surface area contributed by atoms with E-state index >= 15 is 0 Å². The minimum absolute atomic E-state index is 0.0903. The lowest BCUT2D eigenvalue weighted by Crippen LogP contribution is -2.18. The third kappa shape index (κ3) is 4.48. The molecule has 1 N–H and O–H groups in total. The summed E-state index contributed by atoms with van der Waals surface area (Å²) >= 11 is 1.10. The number of carbonyl (C=O) groups is 1. The summed E-state index contributed by atoms with van der Waals surface area (Å²) in [7, 11) is 1.77. The summed E-state index contributed by atoms with van der Waals surface area (Å²) in [5, 5.41) is 11.0. The second-order valence-electron chi connectivity index (χ2n) is 5.61. The molecule has 5 nitrogen and oxygen atoms in total. The fourth-order valence-electron chi connectivity index (χ4n) is 2.43. The third-order valence-electron chi connectivity index (χ3n) is 3.71. The number of para-hydroxylation sites is 1. The van der Waals surface area contributed by atoms with Crippen molar-refractivity contribution in [2.75, 3.05) is 11.1 Å². The SMILES string of the molecule is Cn1c(SCC(=O)Nc2ccccc2C(F)(F)F)nnc1-c1ccccc1. The van der Waals surface area contributed by atoms with Gasteiger partial charge in [0.2, 0.25) is 5.91 Å². The van der Waals surface area contributed by atoms with Crippen LogP contribution in [-0.4, -0.2) is 26.4 Å². The van der Waals surface area contributed by atoms with E-state index in [1.807, 2.05) is 30.3 Å². The van der Waals surface area contributed by atoms with Gasteiger partial charge in [-0.2, -0.15) is 13.2 Å². The summed E-state index contributed by atoms with van der Waals surface area (Å²) in [4.78, 5) is 12.1. The number of thioether (sulfide) groups is 1. The van der Waals surface area contributed by atoms with Crippen LogP contribution in [0.4, 0.5) is 18.9 Å². The number of hydrogen-bond donors (Lipinski definition) is 1. The molecule has 0 fully saturated rings. The molecule has 0 radical (unpaired) electrons. The van der Waals surface area contributed by atoms with Crippen molar-refractivity contribution in [2.24, 2.45) is 7.05 Å². The zero-order chi connectivity index (χ0) is 19.4. The molecule has 1 amide bonds. The van der Waals surface area contributed by atoms with E-state index in [0.29, 0.717) is 11.0 Å². The zero-order valence-corrected chi connectivity index (χ0v) is 15.0. The second-order valence-corrected chi connectivity index (χ2v) is 6.55. The van der Waals surface area contributed by atoms with Gasteiger partial charge in [-0.1, -0.05) is 54.2 Å². The molecule has 9 heteroatoms. The predicted molar refractivity (Wildman–Crippen MR) is 97.2 cm³/mol. The molecule has 0 aliphatic heterocycles. The number of carbonyl (C=O) groups excluding carboxylic acids is 1. The van der Waals surface area contributed by atoms with Crippen molar-refractivity contribution in [3.63, 3.8) is 0 Å². The number of amides is 1. The molecule has 0 atom stereocenters. The Kier molecular flexibility index (Phi) is 5.50. The summed E-state index contributed by atoms with van der Waals surface area (Å²) < 4.78 is 40.7. The molecule has 140 valence electrons. The lowest BCUT2D eigenvalue weighted by atomic mass is 10.1. The summed E-state index contributed by atoms with van der Waals surface area (Å²) in [5.74, 6) is -0.00524. The first-order chi connectivity index (χ1) is 12.9. The number of halogens is 3. The zero-order valence-electron chi connectivity index (χ0n) is 14.2. The molecule has 0 bridgehead atoms. The molecule has 2 aromatic carbocycles. The minimum atomic E-state index is -4.54. The summed E-state index contributed by atoms with van der Waals surface area (Å²) in [5.41, 5.74) is -0.269. The van der Waals surface area contributed by atoms with Gasteiger partial charge >= 0.3 is 6.18 Å². The number of rotatable bonds is 5. The van der Waals surface area contributed by atoms with Crippen molar-refractivity contribution in [3.8, 4) is 11.4 Å². The van der Waals surface area contributed by atoms with Crippen LogP contribution in [0.15, 0.2) is 59.8 Å².